The number of alkyl halides is 3. The first-order valence-electron chi connectivity index (χ1n) is 4.93. The summed E-state index contributed by atoms with van der Waals surface area (Å²) >= 11 is 0. The summed E-state index contributed by atoms with van der Waals surface area (Å²) in [6.45, 7) is 2.73. The van der Waals surface area contributed by atoms with E-state index in [4.69, 9.17) is 0 Å². The molecule has 0 aromatic rings. The molecule has 1 nitrogen and oxygen atoms in total. The molecule has 1 unspecified atom stereocenters. The van der Waals surface area contributed by atoms with Crippen LogP contribution in [0.15, 0.2) is 23.8 Å². The molecule has 0 aromatic carbocycles. The van der Waals surface area contributed by atoms with Crippen LogP contribution in [-0.2, 0) is 0 Å². The highest BCUT2D eigenvalue weighted by atomic mass is 19.4. The lowest BCUT2D eigenvalue weighted by molar-refractivity contribution is -0.235. The second kappa shape index (κ2) is 4.00. The van der Waals surface area contributed by atoms with Gasteiger partial charge in [0.25, 0.3) is 0 Å². The second-order valence-electron chi connectivity index (χ2n) is 4.14. The maximum atomic E-state index is 12.5. The molecule has 0 heterocycles. The van der Waals surface area contributed by atoms with E-state index >= 15 is 0 Å². The molecule has 1 aliphatic rings. The smallest absolute Gasteiger partial charge is 0.376 e. The molecule has 15 heavy (non-hydrogen) atoms. The summed E-state index contributed by atoms with van der Waals surface area (Å²) in [5, 5.41) is 9.44. The van der Waals surface area contributed by atoms with Crippen molar-refractivity contribution in [2.24, 2.45) is 5.92 Å². The molecular weight excluding hydrogens is 205 g/mol. The molecule has 86 valence electrons. The van der Waals surface area contributed by atoms with Crippen molar-refractivity contribution in [3.05, 3.63) is 23.8 Å². The van der Waals surface area contributed by atoms with Gasteiger partial charge in [-0.2, -0.15) is 13.2 Å². The molecule has 0 bridgehead atoms. The van der Waals surface area contributed by atoms with Crippen molar-refractivity contribution < 1.29 is 18.3 Å². The number of hydrogen-bond acceptors (Lipinski definition) is 1. The predicted molar refractivity (Wildman–Crippen MR) is 52.3 cm³/mol. The normalized spacial score (nSPS) is 26.8. The molecule has 1 aliphatic carbocycles. The number of halogens is 3. The van der Waals surface area contributed by atoms with Gasteiger partial charge in [-0.1, -0.05) is 25.2 Å². The fourth-order valence-corrected chi connectivity index (χ4v) is 1.46. The molecule has 0 amide bonds. The monoisotopic (exact) mass is 220 g/mol. The third kappa shape index (κ3) is 2.62. The zero-order valence-electron chi connectivity index (χ0n) is 8.80. The van der Waals surface area contributed by atoms with Gasteiger partial charge in [0.2, 0.25) is 0 Å². The van der Waals surface area contributed by atoms with Crippen LogP contribution in [0.4, 0.5) is 13.2 Å². The van der Waals surface area contributed by atoms with Gasteiger partial charge in [0.05, 0.1) is 0 Å². The first-order chi connectivity index (χ1) is 6.75. The minimum Gasteiger partial charge on any atom is -0.376 e. The molecule has 0 spiro atoms. The number of hydrogen-bond donors (Lipinski definition) is 1. The maximum absolute atomic E-state index is 12.5. The van der Waals surface area contributed by atoms with E-state index in [1.807, 2.05) is 6.92 Å². The van der Waals surface area contributed by atoms with Crippen molar-refractivity contribution in [3.63, 3.8) is 0 Å². The van der Waals surface area contributed by atoms with Gasteiger partial charge >= 0.3 is 6.18 Å². The number of aliphatic hydroxyl groups is 1. The molecule has 0 fully saturated rings. The SMILES string of the molecule is CC1C=CC([C@](C)(O)C(F)(F)F)=CCC1. The van der Waals surface area contributed by atoms with Crippen LogP contribution in [0.1, 0.15) is 26.7 Å². The van der Waals surface area contributed by atoms with Gasteiger partial charge in [-0.05, 0) is 31.3 Å². The summed E-state index contributed by atoms with van der Waals surface area (Å²) in [5.41, 5.74) is -2.80. The first-order valence-corrected chi connectivity index (χ1v) is 4.93. The van der Waals surface area contributed by atoms with E-state index in [9.17, 15) is 18.3 Å². The largest absolute Gasteiger partial charge is 0.421 e. The van der Waals surface area contributed by atoms with Crippen molar-refractivity contribution in [1.82, 2.24) is 0 Å². The molecule has 0 aliphatic heterocycles. The molecule has 0 aromatic heterocycles. The number of rotatable bonds is 1. The van der Waals surface area contributed by atoms with Gasteiger partial charge in [0.15, 0.2) is 5.60 Å². The fraction of sp³-hybridized carbons (Fsp3) is 0.636. The summed E-state index contributed by atoms with van der Waals surface area (Å²) in [6, 6.07) is 0. The van der Waals surface area contributed by atoms with Crippen LogP contribution in [0.5, 0.6) is 0 Å². The fourth-order valence-electron chi connectivity index (χ4n) is 1.46. The van der Waals surface area contributed by atoms with Gasteiger partial charge < -0.3 is 5.11 Å². The van der Waals surface area contributed by atoms with Crippen molar-refractivity contribution in [2.75, 3.05) is 0 Å². The standard InChI is InChI=1S/C11H15F3O/c1-8-4-3-5-9(7-6-8)10(2,15)11(12,13)14/h5-8,15H,3-4H2,1-2H3/t8?,10-/m0/s1. The maximum Gasteiger partial charge on any atom is 0.421 e. The van der Waals surface area contributed by atoms with Gasteiger partial charge in [0.1, 0.15) is 0 Å². The summed E-state index contributed by atoms with van der Waals surface area (Å²) in [7, 11) is 0. The summed E-state index contributed by atoms with van der Waals surface area (Å²) < 4.78 is 37.6. The Bertz CT molecular complexity index is 287. The van der Waals surface area contributed by atoms with E-state index in [2.05, 4.69) is 0 Å². The average molecular weight is 220 g/mol. The van der Waals surface area contributed by atoms with Crippen molar-refractivity contribution >= 4 is 0 Å². The van der Waals surface area contributed by atoms with Crippen LogP contribution in [0.25, 0.3) is 0 Å². The van der Waals surface area contributed by atoms with Crippen molar-refractivity contribution in [2.45, 2.75) is 38.5 Å². The quantitative estimate of drug-likeness (QED) is 0.719. The van der Waals surface area contributed by atoms with Gasteiger partial charge in [-0.15, -0.1) is 0 Å². The summed E-state index contributed by atoms with van der Waals surface area (Å²) in [6.07, 6.45) is 1.30. The number of allylic oxidation sites excluding steroid dienone is 2. The van der Waals surface area contributed by atoms with Crippen LogP contribution in [-0.4, -0.2) is 16.9 Å². The lowest BCUT2D eigenvalue weighted by atomic mass is 9.94. The first kappa shape index (κ1) is 12.3. The van der Waals surface area contributed by atoms with E-state index in [0.717, 1.165) is 13.3 Å². The molecule has 4 heteroatoms. The van der Waals surface area contributed by atoms with Crippen LogP contribution < -0.4 is 0 Å². The Morgan fingerprint density at radius 3 is 2.53 bits per heavy atom. The molecular formula is C11H15F3O. The molecule has 2 atom stereocenters. The Balaban J connectivity index is 2.96. The van der Waals surface area contributed by atoms with Crippen molar-refractivity contribution in [3.8, 4) is 0 Å². The Labute approximate surface area is 87.3 Å². The van der Waals surface area contributed by atoms with Crippen LogP contribution in [0, 0.1) is 5.92 Å². The lowest BCUT2D eigenvalue weighted by Crippen LogP contribution is -2.43. The second-order valence-corrected chi connectivity index (χ2v) is 4.14. The molecule has 1 rings (SSSR count). The van der Waals surface area contributed by atoms with Gasteiger partial charge in [0, 0.05) is 0 Å². The minimum atomic E-state index is -4.63. The highest BCUT2D eigenvalue weighted by Crippen LogP contribution is 2.37. The third-order valence-electron chi connectivity index (χ3n) is 2.70. The Kier molecular flexibility index (Phi) is 3.28. The third-order valence-corrected chi connectivity index (χ3v) is 2.70. The Morgan fingerprint density at radius 1 is 1.40 bits per heavy atom. The molecule has 0 radical (unpaired) electrons. The molecule has 0 saturated heterocycles. The van der Waals surface area contributed by atoms with E-state index < -0.39 is 11.8 Å². The zero-order valence-corrected chi connectivity index (χ0v) is 8.80. The summed E-state index contributed by atoms with van der Waals surface area (Å²) in [4.78, 5) is 0. The van der Waals surface area contributed by atoms with E-state index in [1.54, 1.807) is 6.08 Å². The van der Waals surface area contributed by atoms with Gasteiger partial charge in [-0.3, -0.25) is 0 Å². The topological polar surface area (TPSA) is 20.2 Å². The van der Waals surface area contributed by atoms with Gasteiger partial charge in [-0.25, -0.2) is 0 Å². The highest BCUT2D eigenvalue weighted by molar-refractivity contribution is 5.31. The molecule has 1 N–H and O–H groups in total. The Hall–Kier alpha value is -0.770. The predicted octanol–water partition coefficient (Wildman–Crippen LogP) is 3.21. The summed E-state index contributed by atoms with van der Waals surface area (Å²) in [5.74, 6) is 0.253. The van der Waals surface area contributed by atoms with Crippen molar-refractivity contribution in [1.29, 1.82) is 0 Å². The van der Waals surface area contributed by atoms with Crippen LogP contribution in [0.2, 0.25) is 0 Å². The lowest BCUT2D eigenvalue weighted by Gasteiger charge is -2.27. The van der Waals surface area contributed by atoms with E-state index in [0.29, 0.717) is 6.42 Å². The molecule has 0 saturated carbocycles. The van der Waals surface area contributed by atoms with Crippen LogP contribution >= 0.6 is 0 Å². The highest BCUT2D eigenvalue weighted by Gasteiger charge is 2.51. The minimum absolute atomic E-state index is 0.0562. The average Bonchev–Trinajstić information content (AvgIpc) is 2.27. The van der Waals surface area contributed by atoms with E-state index in [-0.39, 0.29) is 11.5 Å². The van der Waals surface area contributed by atoms with E-state index in [1.165, 1.54) is 12.2 Å². The Morgan fingerprint density at radius 2 is 2.00 bits per heavy atom. The zero-order chi connectivity index (χ0) is 11.7. The van der Waals surface area contributed by atoms with Crippen LogP contribution in [0.3, 0.4) is 0 Å².